The molecule has 0 radical (unpaired) electrons. The molecule has 3 N–H and O–H groups in total. The highest BCUT2D eigenvalue weighted by Gasteiger charge is 2.31. The number of nitrogens with zero attached hydrogens (tertiary/aromatic N) is 1. The van der Waals surface area contributed by atoms with Crippen LogP contribution in [0.2, 0.25) is 0 Å². The Labute approximate surface area is 146 Å². The SMILES string of the molecule is CC(=O)NC(COP(=O)(O)O)C(=O)N1CCC(c2ccccc2)CC1. The van der Waals surface area contributed by atoms with Crippen molar-refractivity contribution in [3.63, 3.8) is 0 Å². The van der Waals surface area contributed by atoms with Gasteiger partial charge in [0.25, 0.3) is 0 Å². The molecule has 1 aliphatic heterocycles. The minimum atomic E-state index is -4.71. The number of phosphoric ester groups is 1. The van der Waals surface area contributed by atoms with E-state index in [-0.39, 0.29) is 0 Å². The van der Waals surface area contributed by atoms with Crippen molar-refractivity contribution in [1.82, 2.24) is 10.2 Å². The number of likely N-dealkylation sites (tertiary alicyclic amines) is 1. The van der Waals surface area contributed by atoms with Gasteiger partial charge in [0.2, 0.25) is 11.8 Å². The van der Waals surface area contributed by atoms with E-state index in [1.54, 1.807) is 4.90 Å². The van der Waals surface area contributed by atoms with E-state index in [0.29, 0.717) is 19.0 Å². The van der Waals surface area contributed by atoms with Gasteiger partial charge in [-0.1, -0.05) is 30.3 Å². The Hall–Kier alpha value is -1.73. The van der Waals surface area contributed by atoms with Gasteiger partial charge in [-0.05, 0) is 24.3 Å². The van der Waals surface area contributed by atoms with Crippen LogP contribution in [0.4, 0.5) is 0 Å². The number of nitrogens with one attached hydrogen (secondary N) is 1. The molecule has 1 unspecified atom stereocenters. The third-order valence-electron chi connectivity index (χ3n) is 4.16. The van der Waals surface area contributed by atoms with Gasteiger partial charge in [0, 0.05) is 20.0 Å². The van der Waals surface area contributed by atoms with Crippen LogP contribution in [-0.4, -0.2) is 52.2 Å². The zero-order chi connectivity index (χ0) is 18.4. The van der Waals surface area contributed by atoms with Crippen LogP contribution in [0, 0.1) is 0 Å². The van der Waals surface area contributed by atoms with Crippen LogP contribution in [0.1, 0.15) is 31.2 Å². The first-order valence-electron chi connectivity index (χ1n) is 8.07. The number of carbonyl (C=O) groups excluding carboxylic acids is 2. The molecule has 25 heavy (non-hydrogen) atoms. The number of amides is 2. The second-order valence-electron chi connectivity index (χ2n) is 6.05. The maximum atomic E-state index is 12.6. The van der Waals surface area contributed by atoms with Gasteiger partial charge >= 0.3 is 7.82 Å². The third kappa shape index (κ3) is 6.25. The van der Waals surface area contributed by atoms with E-state index in [1.807, 2.05) is 18.2 Å². The monoisotopic (exact) mass is 370 g/mol. The van der Waals surface area contributed by atoms with E-state index in [2.05, 4.69) is 22.0 Å². The van der Waals surface area contributed by atoms with Gasteiger partial charge in [-0.2, -0.15) is 0 Å². The molecule has 8 nitrogen and oxygen atoms in total. The van der Waals surface area contributed by atoms with Crippen LogP contribution >= 0.6 is 7.82 Å². The summed E-state index contributed by atoms with van der Waals surface area (Å²) in [5, 5.41) is 2.39. The fraction of sp³-hybridized carbons (Fsp3) is 0.500. The molecular formula is C16H23N2O6P. The lowest BCUT2D eigenvalue weighted by Crippen LogP contribution is -2.52. The van der Waals surface area contributed by atoms with E-state index in [0.717, 1.165) is 12.8 Å². The number of piperidine rings is 1. The fourth-order valence-corrected chi connectivity index (χ4v) is 3.31. The number of phosphoric acid groups is 1. The average Bonchev–Trinajstić information content (AvgIpc) is 2.58. The van der Waals surface area contributed by atoms with E-state index in [1.165, 1.54) is 12.5 Å². The topological polar surface area (TPSA) is 116 Å². The summed E-state index contributed by atoms with van der Waals surface area (Å²) in [7, 11) is -4.71. The highest BCUT2D eigenvalue weighted by Crippen LogP contribution is 2.36. The minimum absolute atomic E-state index is 0.371. The number of hydrogen-bond acceptors (Lipinski definition) is 4. The molecule has 138 valence electrons. The summed E-state index contributed by atoms with van der Waals surface area (Å²) >= 11 is 0. The Morgan fingerprint density at radius 3 is 2.40 bits per heavy atom. The van der Waals surface area contributed by atoms with Crippen molar-refractivity contribution in [2.75, 3.05) is 19.7 Å². The maximum Gasteiger partial charge on any atom is 0.469 e. The smallest absolute Gasteiger partial charge is 0.343 e. The molecule has 1 atom stereocenters. The first-order chi connectivity index (χ1) is 11.8. The molecule has 9 heteroatoms. The normalized spacial score (nSPS) is 17.2. The second kappa shape index (κ2) is 8.58. The number of rotatable bonds is 6. The van der Waals surface area contributed by atoms with Gasteiger partial charge in [-0.25, -0.2) is 4.57 Å². The van der Waals surface area contributed by atoms with Crippen molar-refractivity contribution in [3.05, 3.63) is 35.9 Å². The molecule has 2 amide bonds. The maximum absolute atomic E-state index is 12.6. The Morgan fingerprint density at radius 2 is 1.88 bits per heavy atom. The standard InChI is InChI=1S/C16H23N2O6P/c1-12(19)17-15(11-24-25(21,22)23)16(20)18-9-7-14(8-10-18)13-5-3-2-4-6-13/h2-6,14-15H,7-11H2,1H3,(H,17,19)(H2,21,22,23). The van der Waals surface area contributed by atoms with E-state index >= 15 is 0 Å². The molecule has 1 saturated heterocycles. The van der Waals surface area contributed by atoms with Crippen molar-refractivity contribution >= 4 is 19.6 Å². The lowest BCUT2D eigenvalue weighted by molar-refractivity contribution is -0.138. The molecule has 0 saturated carbocycles. The van der Waals surface area contributed by atoms with Crippen LogP contribution in [0.5, 0.6) is 0 Å². The van der Waals surface area contributed by atoms with Gasteiger partial charge in [-0.3, -0.25) is 14.1 Å². The summed E-state index contributed by atoms with van der Waals surface area (Å²) in [6, 6.07) is 8.95. The van der Waals surface area contributed by atoms with Crippen LogP contribution < -0.4 is 5.32 Å². The van der Waals surface area contributed by atoms with Gasteiger partial charge in [-0.15, -0.1) is 0 Å². The molecule has 1 fully saturated rings. The van der Waals surface area contributed by atoms with Crippen LogP contribution in [0.25, 0.3) is 0 Å². The zero-order valence-corrected chi connectivity index (χ0v) is 14.9. The summed E-state index contributed by atoms with van der Waals surface area (Å²) in [4.78, 5) is 43.1. The number of carbonyl (C=O) groups is 2. The fourth-order valence-electron chi connectivity index (χ4n) is 2.97. The van der Waals surface area contributed by atoms with E-state index in [9.17, 15) is 14.2 Å². The van der Waals surface area contributed by atoms with Crippen LogP contribution in [0.15, 0.2) is 30.3 Å². The predicted octanol–water partition coefficient (Wildman–Crippen LogP) is 1.01. The molecular weight excluding hydrogens is 347 g/mol. The minimum Gasteiger partial charge on any atom is -0.343 e. The summed E-state index contributed by atoms with van der Waals surface area (Å²) in [5.41, 5.74) is 1.23. The van der Waals surface area contributed by atoms with Crippen molar-refractivity contribution in [3.8, 4) is 0 Å². The molecule has 1 aromatic carbocycles. The molecule has 0 aliphatic carbocycles. The number of hydrogen-bond donors (Lipinski definition) is 3. The molecule has 2 rings (SSSR count). The Kier molecular flexibility index (Phi) is 6.72. The molecule has 0 aromatic heterocycles. The first kappa shape index (κ1) is 19.6. The number of benzene rings is 1. The first-order valence-corrected chi connectivity index (χ1v) is 9.60. The van der Waals surface area contributed by atoms with Crippen LogP contribution in [0.3, 0.4) is 0 Å². The van der Waals surface area contributed by atoms with Gasteiger partial charge < -0.3 is 20.0 Å². The average molecular weight is 370 g/mol. The molecule has 1 aromatic rings. The quantitative estimate of drug-likeness (QED) is 0.644. The molecule has 1 heterocycles. The Bertz CT molecular complexity index is 639. The van der Waals surface area contributed by atoms with E-state index < -0.39 is 32.3 Å². The summed E-state index contributed by atoms with van der Waals surface area (Å²) < 4.78 is 15.3. The van der Waals surface area contributed by atoms with Gasteiger partial charge in [0.05, 0.1) is 6.61 Å². The van der Waals surface area contributed by atoms with Crippen molar-refractivity contribution in [2.24, 2.45) is 0 Å². The van der Waals surface area contributed by atoms with E-state index in [4.69, 9.17) is 9.79 Å². The summed E-state index contributed by atoms with van der Waals surface area (Å²) in [6.45, 7) is 1.70. The Balaban J connectivity index is 1.95. The summed E-state index contributed by atoms with van der Waals surface area (Å²) in [6.07, 6.45) is 1.59. The van der Waals surface area contributed by atoms with Crippen molar-refractivity contribution in [1.29, 1.82) is 0 Å². The van der Waals surface area contributed by atoms with Gasteiger partial charge in [0.15, 0.2) is 0 Å². The predicted molar refractivity (Wildman–Crippen MR) is 90.6 cm³/mol. The lowest BCUT2D eigenvalue weighted by Gasteiger charge is -2.34. The molecule has 0 spiro atoms. The van der Waals surface area contributed by atoms with Crippen molar-refractivity contribution < 1.29 is 28.5 Å². The Morgan fingerprint density at radius 1 is 1.28 bits per heavy atom. The largest absolute Gasteiger partial charge is 0.469 e. The lowest BCUT2D eigenvalue weighted by atomic mass is 9.89. The summed E-state index contributed by atoms with van der Waals surface area (Å²) in [5.74, 6) is -0.488. The second-order valence-corrected chi connectivity index (χ2v) is 7.29. The van der Waals surface area contributed by atoms with Crippen LogP contribution in [-0.2, 0) is 18.7 Å². The highest BCUT2D eigenvalue weighted by molar-refractivity contribution is 7.46. The highest BCUT2D eigenvalue weighted by atomic mass is 31.2. The molecule has 1 aliphatic rings. The molecule has 0 bridgehead atoms. The third-order valence-corrected chi connectivity index (χ3v) is 4.65. The zero-order valence-electron chi connectivity index (χ0n) is 14.0. The van der Waals surface area contributed by atoms with Crippen molar-refractivity contribution in [2.45, 2.75) is 31.7 Å². The van der Waals surface area contributed by atoms with Gasteiger partial charge in [0.1, 0.15) is 6.04 Å².